The van der Waals surface area contributed by atoms with Crippen molar-refractivity contribution in [1.82, 2.24) is 14.8 Å². The Morgan fingerprint density at radius 2 is 1.97 bits per heavy atom. The summed E-state index contributed by atoms with van der Waals surface area (Å²) in [5, 5.41) is 3.30. The molecule has 0 fully saturated rings. The summed E-state index contributed by atoms with van der Waals surface area (Å²) in [4.78, 5) is 26.7. The van der Waals surface area contributed by atoms with Gasteiger partial charge >= 0.3 is 12.0 Å². The number of nitrogens with one attached hydrogen (secondary N) is 1. The van der Waals surface area contributed by atoms with Crippen LogP contribution in [0.25, 0.3) is 5.69 Å². The first-order chi connectivity index (χ1) is 14.6. The molecular formula is C23H22ClN3O3. The van der Waals surface area contributed by atoms with Gasteiger partial charge in [0.15, 0.2) is 0 Å². The first-order valence-electron chi connectivity index (χ1n) is 9.79. The number of hydrogen-bond donors (Lipinski definition) is 1. The van der Waals surface area contributed by atoms with Crippen LogP contribution in [0.15, 0.2) is 66.9 Å². The van der Waals surface area contributed by atoms with Crippen molar-refractivity contribution in [1.29, 1.82) is 0 Å². The number of fused-ring (bicyclic) bond motifs is 3. The van der Waals surface area contributed by atoms with Crippen LogP contribution in [0.3, 0.4) is 0 Å². The molecule has 2 aromatic carbocycles. The van der Waals surface area contributed by atoms with E-state index in [1.54, 1.807) is 17.9 Å². The van der Waals surface area contributed by atoms with E-state index in [9.17, 15) is 9.59 Å². The zero-order valence-electron chi connectivity index (χ0n) is 16.5. The monoisotopic (exact) mass is 423 g/mol. The van der Waals surface area contributed by atoms with E-state index >= 15 is 0 Å². The fourth-order valence-corrected chi connectivity index (χ4v) is 4.03. The normalized spacial score (nSPS) is 15.0. The molecule has 1 atom stereocenters. The van der Waals surface area contributed by atoms with Crippen molar-refractivity contribution in [2.24, 2.45) is 0 Å². The highest BCUT2D eigenvalue weighted by Gasteiger charge is 2.33. The molecule has 1 N–H and O–H groups in total. The van der Waals surface area contributed by atoms with Gasteiger partial charge in [-0.05, 0) is 48.4 Å². The molecule has 2 amide bonds. The molecule has 1 aliphatic heterocycles. The second-order valence-corrected chi connectivity index (χ2v) is 7.42. The highest BCUT2D eigenvalue weighted by Crippen LogP contribution is 2.37. The van der Waals surface area contributed by atoms with Gasteiger partial charge in [0.05, 0.1) is 24.9 Å². The van der Waals surface area contributed by atoms with Gasteiger partial charge in [0, 0.05) is 16.9 Å². The molecule has 1 aromatic heterocycles. The summed E-state index contributed by atoms with van der Waals surface area (Å²) in [6.07, 6.45) is 1.99. The number of rotatable bonds is 4. The van der Waals surface area contributed by atoms with Gasteiger partial charge in [-0.3, -0.25) is 4.79 Å². The van der Waals surface area contributed by atoms with Crippen molar-refractivity contribution in [3.05, 3.63) is 88.7 Å². The summed E-state index contributed by atoms with van der Waals surface area (Å²) in [5.41, 5.74) is 3.85. The van der Waals surface area contributed by atoms with Crippen LogP contribution in [-0.2, 0) is 16.1 Å². The molecule has 30 heavy (non-hydrogen) atoms. The van der Waals surface area contributed by atoms with Crippen LogP contribution in [0.2, 0.25) is 5.02 Å². The fraction of sp³-hybridized carbons (Fsp3) is 0.217. The number of halogens is 1. The molecular weight excluding hydrogens is 402 g/mol. The van der Waals surface area contributed by atoms with Gasteiger partial charge in [0.1, 0.15) is 6.54 Å². The molecule has 0 saturated heterocycles. The van der Waals surface area contributed by atoms with E-state index in [1.807, 2.05) is 60.8 Å². The molecule has 0 aliphatic carbocycles. The van der Waals surface area contributed by atoms with Crippen molar-refractivity contribution < 1.29 is 14.3 Å². The summed E-state index contributed by atoms with van der Waals surface area (Å²) in [7, 11) is 0. The Kier molecular flexibility index (Phi) is 5.77. The lowest BCUT2D eigenvalue weighted by molar-refractivity contribution is -0.141. The summed E-state index contributed by atoms with van der Waals surface area (Å²) in [5.74, 6) is -0.469. The minimum absolute atomic E-state index is 0.186. The third-order valence-electron chi connectivity index (χ3n) is 5.08. The maximum absolute atomic E-state index is 13.2. The quantitative estimate of drug-likeness (QED) is 0.636. The number of para-hydroxylation sites is 1. The van der Waals surface area contributed by atoms with Crippen molar-refractivity contribution in [2.45, 2.75) is 19.5 Å². The predicted octanol–water partition coefficient (Wildman–Crippen LogP) is 4.31. The average molecular weight is 424 g/mol. The first kappa shape index (κ1) is 20.0. The lowest BCUT2D eigenvalue weighted by Crippen LogP contribution is -2.44. The second-order valence-electron chi connectivity index (χ2n) is 6.98. The molecule has 1 aliphatic rings. The molecule has 7 heteroatoms. The highest BCUT2D eigenvalue weighted by atomic mass is 35.5. The van der Waals surface area contributed by atoms with Gasteiger partial charge in [-0.25, -0.2) is 4.79 Å². The molecule has 154 valence electrons. The van der Waals surface area contributed by atoms with Crippen molar-refractivity contribution in [3.63, 3.8) is 0 Å². The molecule has 2 heterocycles. The van der Waals surface area contributed by atoms with Gasteiger partial charge in [0.25, 0.3) is 0 Å². The summed E-state index contributed by atoms with van der Waals surface area (Å²) in [6.45, 7) is 2.19. The van der Waals surface area contributed by atoms with Crippen LogP contribution in [0.5, 0.6) is 0 Å². The maximum atomic E-state index is 13.2. The molecule has 4 rings (SSSR count). The lowest BCUT2D eigenvalue weighted by Gasteiger charge is -2.31. The Balaban J connectivity index is 1.77. The van der Waals surface area contributed by atoms with Gasteiger partial charge < -0.3 is 19.5 Å². The number of ether oxygens (including phenoxy) is 1. The Bertz CT molecular complexity index is 1080. The molecule has 0 bridgehead atoms. The molecule has 0 unspecified atom stereocenters. The van der Waals surface area contributed by atoms with Crippen LogP contribution >= 0.6 is 11.6 Å². The number of urea groups is 1. The molecule has 0 spiro atoms. The minimum Gasteiger partial charge on any atom is -0.465 e. The van der Waals surface area contributed by atoms with Crippen LogP contribution in [0, 0.1) is 0 Å². The number of amides is 2. The zero-order chi connectivity index (χ0) is 21.1. The van der Waals surface area contributed by atoms with Crippen LogP contribution in [-0.4, -0.2) is 34.6 Å². The largest absolute Gasteiger partial charge is 0.465 e. The predicted molar refractivity (Wildman–Crippen MR) is 115 cm³/mol. The van der Waals surface area contributed by atoms with Gasteiger partial charge in [-0.15, -0.1) is 0 Å². The number of aromatic nitrogens is 1. The van der Waals surface area contributed by atoms with Crippen molar-refractivity contribution >= 4 is 23.6 Å². The Hall–Kier alpha value is -3.25. The number of carbonyl (C=O) groups excluding carboxylic acids is 2. The topological polar surface area (TPSA) is 63.6 Å². The van der Waals surface area contributed by atoms with E-state index in [-0.39, 0.29) is 25.2 Å². The van der Waals surface area contributed by atoms with E-state index in [2.05, 4.69) is 9.88 Å². The van der Waals surface area contributed by atoms with Crippen molar-refractivity contribution in [3.8, 4) is 5.69 Å². The average Bonchev–Trinajstić information content (AvgIpc) is 3.16. The zero-order valence-corrected chi connectivity index (χ0v) is 17.3. The van der Waals surface area contributed by atoms with E-state index in [0.29, 0.717) is 11.6 Å². The van der Waals surface area contributed by atoms with E-state index in [4.69, 9.17) is 16.3 Å². The van der Waals surface area contributed by atoms with Gasteiger partial charge in [-0.2, -0.15) is 0 Å². The molecule has 0 saturated carbocycles. The summed E-state index contributed by atoms with van der Waals surface area (Å²) in [6, 6.07) is 18.7. The maximum Gasteiger partial charge on any atom is 0.325 e. The SMILES string of the molecule is CCOC(=O)CNC(=O)N1Cc2ccccc2-n2cccc2[C@H]1c1cccc(Cl)c1. The number of nitrogens with zero attached hydrogens (tertiary/aromatic N) is 2. The number of esters is 1. The first-order valence-corrected chi connectivity index (χ1v) is 10.2. The molecule has 6 nitrogen and oxygen atoms in total. The van der Waals surface area contributed by atoms with E-state index < -0.39 is 5.97 Å². The smallest absolute Gasteiger partial charge is 0.325 e. The Morgan fingerprint density at radius 3 is 2.77 bits per heavy atom. The third-order valence-corrected chi connectivity index (χ3v) is 5.31. The van der Waals surface area contributed by atoms with Crippen LogP contribution < -0.4 is 5.32 Å². The van der Waals surface area contributed by atoms with E-state index in [0.717, 1.165) is 22.5 Å². The highest BCUT2D eigenvalue weighted by molar-refractivity contribution is 6.30. The standard InChI is InChI=1S/C23H22ClN3O3/c1-2-30-21(28)14-25-23(29)27-15-17-7-3-4-10-19(17)26-12-6-11-20(26)22(27)16-8-5-9-18(24)13-16/h3-13,22H,2,14-15H2,1H3,(H,25,29)/t22-/m1/s1. The minimum atomic E-state index is -0.469. The second kappa shape index (κ2) is 8.63. The van der Waals surface area contributed by atoms with Crippen LogP contribution in [0.4, 0.5) is 4.79 Å². The van der Waals surface area contributed by atoms with Gasteiger partial charge in [-0.1, -0.05) is 41.9 Å². The number of hydrogen-bond acceptors (Lipinski definition) is 3. The van der Waals surface area contributed by atoms with E-state index in [1.165, 1.54) is 0 Å². The van der Waals surface area contributed by atoms with Crippen molar-refractivity contribution in [2.75, 3.05) is 13.2 Å². The number of benzene rings is 2. The Labute approximate surface area is 180 Å². The van der Waals surface area contributed by atoms with Gasteiger partial charge in [0.2, 0.25) is 0 Å². The third kappa shape index (κ3) is 3.91. The summed E-state index contributed by atoms with van der Waals surface area (Å²) >= 11 is 6.27. The molecule has 3 aromatic rings. The Morgan fingerprint density at radius 1 is 1.13 bits per heavy atom. The lowest BCUT2D eigenvalue weighted by atomic mass is 10.0. The number of carbonyl (C=O) groups is 2. The fourth-order valence-electron chi connectivity index (χ4n) is 3.83. The molecule has 0 radical (unpaired) electrons. The summed E-state index contributed by atoms with van der Waals surface area (Å²) < 4.78 is 7.03. The van der Waals surface area contributed by atoms with Crippen LogP contribution in [0.1, 0.15) is 29.8 Å².